The van der Waals surface area contributed by atoms with E-state index < -0.39 is 5.31 Å². The van der Waals surface area contributed by atoms with Crippen LogP contribution in [0.2, 0.25) is 0 Å². The quantitative estimate of drug-likeness (QED) is 0.470. The van der Waals surface area contributed by atoms with Crippen LogP contribution in [0.1, 0.15) is 5.56 Å². The highest BCUT2D eigenvalue weighted by Gasteiger charge is 2.27. The number of aryl methyl sites for hydroxylation is 1. The number of benzene rings is 1. The summed E-state index contributed by atoms with van der Waals surface area (Å²) < 4.78 is 5.53. The van der Waals surface area contributed by atoms with Gasteiger partial charge in [0.05, 0.1) is 0 Å². The maximum atomic E-state index is 6.09. The Balaban J connectivity index is 2.17. The first kappa shape index (κ1) is 10.8. The van der Waals surface area contributed by atoms with E-state index in [-0.39, 0.29) is 0 Å². The summed E-state index contributed by atoms with van der Waals surface area (Å²) in [6.07, 6.45) is 4.98. The molecule has 1 aromatic carbocycles. The molecule has 1 aliphatic rings. The Labute approximate surface area is 98.8 Å². The first-order chi connectivity index (χ1) is 7.59. The van der Waals surface area contributed by atoms with Crippen molar-refractivity contribution in [3.8, 4) is 5.75 Å². The number of nitrogens with one attached hydrogen (secondary N) is 1. The number of hydrogen-bond donors (Lipinski definition) is 2. The standard InChI is InChI=1S/C11H12ClN3O/c1-8-7-9(3-4-10(8)13)16-11(12)14-5-2-6-15-11/h2-7,14H,13H2,1H3. The Morgan fingerprint density at radius 1 is 1.50 bits per heavy atom. The largest absolute Gasteiger partial charge is 0.436 e. The Morgan fingerprint density at radius 3 is 2.94 bits per heavy atom. The second-order valence-corrected chi connectivity index (χ2v) is 3.98. The molecule has 4 nitrogen and oxygen atoms in total. The van der Waals surface area contributed by atoms with Crippen molar-refractivity contribution in [2.45, 2.75) is 12.2 Å². The predicted molar refractivity (Wildman–Crippen MR) is 65.6 cm³/mol. The zero-order valence-corrected chi connectivity index (χ0v) is 9.53. The molecule has 1 aromatic rings. The van der Waals surface area contributed by atoms with Crippen molar-refractivity contribution in [3.05, 3.63) is 36.0 Å². The highest BCUT2D eigenvalue weighted by molar-refractivity contribution is 6.23. The van der Waals surface area contributed by atoms with Crippen LogP contribution >= 0.6 is 11.6 Å². The SMILES string of the molecule is Cc1cc(OC2(Cl)N=CC=CN2)ccc1N. The lowest BCUT2D eigenvalue weighted by Crippen LogP contribution is -2.41. The summed E-state index contributed by atoms with van der Waals surface area (Å²) in [4.78, 5) is 4.00. The minimum Gasteiger partial charge on any atom is -0.436 e. The second kappa shape index (κ2) is 4.06. The van der Waals surface area contributed by atoms with Crippen LogP contribution < -0.4 is 15.8 Å². The van der Waals surface area contributed by atoms with Crippen LogP contribution in [0.4, 0.5) is 5.69 Å². The summed E-state index contributed by atoms with van der Waals surface area (Å²) in [6.45, 7) is 1.90. The van der Waals surface area contributed by atoms with Gasteiger partial charge in [-0.1, -0.05) is 0 Å². The normalized spacial score (nSPS) is 22.9. The maximum Gasteiger partial charge on any atom is 0.363 e. The second-order valence-electron chi connectivity index (χ2n) is 3.46. The van der Waals surface area contributed by atoms with Gasteiger partial charge in [-0.3, -0.25) is 0 Å². The van der Waals surface area contributed by atoms with Crippen LogP contribution in [-0.2, 0) is 0 Å². The zero-order valence-electron chi connectivity index (χ0n) is 8.77. The van der Waals surface area contributed by atoms with Crippen molar-refractivity contribution in [3.63, 3.8) is 0 Å². The van der Waals surface area contributed by atoms with Crippen LogP contribution in [0.25, 0.3) is 0 Å². The molecule has 84 valence electrons. The lowest BCUT2D eigenvalue weighted by molar-refractivity contribution is 0.144. The fourth-order valence-corrected chi connectivity index (χ4v) is 1.50. The van der Waals surface area contributed by atoms with Gasteiger partial charge in [0.1, 0.15) is 5.75 Å². The average Bonchev–Trinajstić information content (AvgIpc) is 2.24. The number of allylic oxidation sites excluding steroid dienone is 1. The first-order valence-corrected chi connectivity index (χ1v) is 5.19. The highest BCUT2D eigenvalue weighted by atomic mass is 35.5. The summed E-state index contributed by atoms with van der Waals surface area (Å²) in [6, 6.07) is 5.34. The maximum absolute atomic E-state index is 6.09. The van der Waals surface area contributed by atoms with Gasteiger partial charge < -0.3 is 15.8 Å². The molecular formula is C11H12ClN3O. The van der Waals surface area contributed by atoms with E-state index in [0.29, 0.717) is 5.75 Å². The summed E-state index contributed by atoms with van der Waals surface area (Å²) in [7, 11) is 0. The summed E-state index contributed by atoms with van der Waals surface area (Å²) in [5, 5.41) is 1.54. The predicted octanol–water partition coefficient (Wildman–Crippen LogP) is 1.99. The van der Waals surface area contributed by atoms with Gasteiger partial charge in [-0.15, -0.1) is 0 Å². The zero-order chi connectivity index (χ0) is 11.6. The molecule has 0 spiro atoms. The number of halogens is 1. The molecule has 0 fully saturated rings. The fourth-order valence-electron chi connectivity index (χ4n) is 1.29. The Hall–Kier alpha value is -1.68. The van der Waals surface area contributed by atoms with E-state index in [9.17, 15) is 0 Å². The van der Waals surface area contributed by atoms with Crippen molar-refractivity contribution in [1.82, 2.24) is 5.32 Å². The van der Waals surface area contributed by atoms with E-state index in [0.717, 1.165) is 11.3 Å². The van der Waals surface area contributed by atoms with Crippen molar-refractivity contribution in [2.24, 2.45) is 4.99 Å². The van der Waals surface area contributed by atoms with E-state index in [1.807, 2.05) is 13.0 Å². The number of anilines is 1. The molecule has 1 unspecified atom stereocenters. The molecule has 16 heavy (non-hydrogen) atoms. The third kappa shape index (κ3) is 2.28. The Morgan fingerprint density at radius 2 is 2.31 bits per heavy atom. The van der Waals surface area contributed by atoms with Crippen LogP contribution in [0.3, 0.4) is 0 Å². The lowest BCUT2D eigenvalue weighted by Gasteiger charge is -2.25. The topological polar surface area (TPSA) is 59.6 Å². The molecular weight excluding hydrogens is 226 g/mol. The minimum atomic E-state index is -1.27. The third-order valence-corrected chi connectivity index (χ3v) is 2.46. The molecule has 0 amide bonds. The molecule has 0 aliphatic carbocycles. The van der Waals surface area contributed by atoms with E-state index in [1.165, 1.54) is 0 Å². The van der Waals surface area contributed by atoms with E-state index in [2.05, 4.69) is 10.3 Å². The van der Waals surface area contributed by atoms with E-state index in [1.54, 1.807) is 30.6 Å². The van der Waals surface area contributed by atoms with Crippen LogP contribution in [0.15, 0.2) is 35.5 Å². The molecule has 0 bridgehead atoms. The molecule has 0 aromatic heterocycles. The monoisotopic (exact) mass is 237 g/mol. The third-order valence-electron chi connectivity index (χ3n) is 2.18. The van der Waals surface area contributed by atoms with Gasteiger partial charge in [0.25, 0.3) is 0 Å². The molecule has 0 saturated heterocycles. The van der Waals surface area contributed by atoms with Gasteiger partial charge in [-0.2, -0.15) is 0 Å². The number of nitrogens with two attached hydrogens (primary N) is 1. The number of ether oxygens (including phenoxy) is 1. The van der Waals surface area contributed by atoms with Crippen LogP contribution in [0, 0.1) is 6.92 Å². The average molecular weight is 238 g/mol. The van der Waals surface area contributed by atoms with Crippen LogP contribution in [0.5, 0.6) is 5.75 Å². The molecule has 1 atom stereocenters. The molecule has 3 N–H and O–H groups in total. The summed E-state index contributed by atoms with van der Waals surface area (Å²) >= 11 is 6.09. The number of nitrogens with zero attached hydrogens (tertiary/aromatic N) is 1. The number of rotatable bonds is 2. The number of hydrogen-bond acceptors (Lipinski definition) is 4. The van der Waals surface area contributed by atoms with Crippen molar-refractivity contribution < 1.29 is 4.74 Å². The number of aliphatic imine (C=N–C) groups is 1. The Bertz CT molecular complexity index is 459. The van der Waals surface area contributed by atoms with Crippen molar-refractivity contribution in [2.75, 3.05) is 5.73 Å². The Kier molecular flexibility index (Phi) is 2.75. The van der Waals surface area contributed by atoms with E-state index in [4.69, 9.17) is 22.1 Å². The molecule has 5 heteroatoms. The van der Waals surface area contributed by atoms with Gasteiger partial charge in [0.2, 0.25) is 0 Å². The van der Waals surface area contributed by atoms with E-state index >= 15 is 0 Å². The van der Waals surface area contributed by atoms with Gasteiger partial charge in [-0.05, 0) is 48.4 Å². The molecule has 2 rings (SSSR count). The fraction of sp³-hybridized carbons (Fsp3) is 0.182. The van der Waals surface area contributed by atoms with Gasteiger partial charge in [0, 0.05) is 18.1 Å². The summed E-state index contributed by atoms with van der Waals surface area (Å²) in [5.74, 6) is 0.613. The van der Waals surface area contributed by atoms with Gasteiger partial charge >= 0.3 is 5.31 Å². The molecule has 0 radical (unpaired) electrons. The van der Waals surface area contributed by atoms with Crippen molar-refractivity contribution >= 4 is 23.5 Å². The summed E-state index contributed by atoms with van der Waals surface area (Å²) in [5.41, 5.74) is 7.37. The van der Waals surface area contributed by atoms with Gasteiger partial charge in [0.15, 0.2) is 0 Å². The van der Waals surface area contributed by atoms with Gasteiger partial charge in [-0.25, -0.2) is 4.99 Å². The minimum absolute atomic E-state index is 0.613. The number of alkyl halides is 1. The number of nitrogen functional groups attached to an aromatic ring is 1. The molecule has 1 aliphatic heterocycles. The molecule has 0 saturated carbocycles. The highest BCUT2D eigenvalue weighted by Crippen LogP contribution is 2.25. The van der Waals surface area contributed by atoms with Crippen LogP contribution in [-0.4, -0.2) is 11.5 Å². The first-order valence-electron chi connectivity index (χ1n) is 4.81. The lowest BCUT2D eigenvalue weighted by atomic mass is 10.2. The molecule has 1 heterocycles. The smallest absolute Gasteiger partial charge is 0.363 e. The van der Waals surface area contributed by atoms with Crippen molar-refractivity contribution in [1.29, 1.82) is 0 Å².